The first-order valence-electron chi connectivity index (χ1n) is 6.78. The lowest BCUT2D eigenvalue weighted by molar-refractivity contribution is 0.395. The minimum atomic E-state index is -0.924. The molecule has 2 aromatic carbocycles. The van der Waals surface area contributed by atoms with E-state index in [2.05, 4.69) is 4.98 Å². The number of aryl methyl sites for hydroxylation is 1. The van der Waals surface area contributed by atoms with Crippen molar-refractivity contribution in [3.05, 3.63) is 65.9 Å². The number of halogens is 2. The summed E-state index contributed by atoms with van der Waals surface area (Å²) in [6.07, 6.45) is 2.25. The number of benzene rings is 2. The van der Waals surface area contributed by atoms with Gasteiger partial charge in [0.05, 0.1) is 5.52 Å². The molecule has 0 aliphatic carbocycles. The van der Waals surface area contributed by atoms with Crippen LogP contribution in [0, 0.1) is 11.6 Å². The Hall–Kier alpha value is -2.14. The van der Waals surface area contributed by atoms with Gasteiger partial charge in [0.15, 0.2) is 17.4 Å². The summed E-state index contributed by atoms with van der Waals surface area (Å²) in [7, 11) is 0. The fourth-order valence-electron chi connectivity index (χ4n) is 2.23. The van der Waals surface area contributed by atoms with Crippen LogP contribution < -0.4 is 0 Å². The van der Waals surface area contributed by atoms with E-state index >= 15 is 0 Å². The van der Waals surface area contributed by atoms with E-state index in [-0.39, 0.29) is 0 Å². The third-order valence-corrected chi connectivity index (χ3v) is 4.37. The van der Waals surface area contributed by atoms with Gasteiger partial charge in [-0.15, -0.1) is 11.8 Å². The molecule has 0 atom stereocenters. The van der Waals surface area contributed by atoms with Crippen molar-refractivity contribution >= 4 is 22.7 Å². The number of phenols is 1. The van der Waals surface area contributed by atoms with Crippen molar-refractivity contribution < 1.29 is 13.9 Å². The van der Waals surface area contributed by atoms with E-state index in [1.807, 2.05) is 30.3 Å². The molecule has 1 N–H and O–H groups in total. The Labute approximate surface area is 130 Å². The minimum Gasteiger partial charge on any atom is -0.503 e. The molecule has 0 saturated carbocycles. The monoisotopic (exact) mass is 317 g/mol. The molecule has 0 radical (unpaired) electrons. The maximum absolute atomic E-state index is 13.3. The zero-order chi connectivity index (χ0) is 15.5. The van der Waals surface area contributed by atoms with Gasteiger partial charge in [0.25, 0.3) is 0 Å². The molecule has 2 nitrogen and oxygen atoms in total. The molecule has 3 rings (SSSR count). The van der Waals surface area contributed by atoms with Gasteiger partial charge < -0.3 is 5.11 Å². The largest absolute Gasteiger partial charge is 0.503 e. The van der Waals surface area contributed by atoms with Crippen molar-refractivity contribution in [2.24, 2.45) is 0 Å². The summed E-state index contributed by atoms with van der Waals surface area (Å²) in [5, 5.41) is 10.2. The van der Waals surface area contributed by atoms with Gasteiger partial charge in [-0.1, -0.05) is 18.2 Å². The molecule has 0 bridgehead atoms. The van der Waals surface area contributed by atoms with Crippen LogP contribution >= 0.6 is 11.8 Å². The smallest absolute Gasteiger partial charge is 0.187 e. The van der Waals surface area contributed by atoms with E-state index in [1.54, 1.807) is 18.0 Å². The summed E-state index contributed by atoms with van der Waals surface area (Å²) >= 11 is 1.59. The summed E-state index contributed by atoms with van der Waals surface area (Å²) in [5.74, 6) is -2.10. The van der Waals surface area contributed by atoms with E-state index in [0.29, 0.717) is 17.7 Å². The Kier molecular flexibility index (Phi) is 4.24. The second-order valence-corrected chi connectivity index (χ2v) is 5.97. The molecular formula is C17H13F2NOS. The average Bonchev–Trinajstić information content (AvgIpc) is 2.53. The third-order valence-electron chi connectivity index (χ3n) is 3.32. The van der Waals surface area contributed by atoms with Crippen molar-refractivity contribution in [1.29, 1.82) is 0 Å². The maximum atomic E-state index is 13.3. The number of pyridine rings is 1. The number of para-hydroxylation sites is 1. The lowest BCUT2D eigenvalue weighted by Gasteiger charge is -2.06. The molecule has 0 amide bonds. The molecule has 0 aliphatic heterocycles. The number of rotatable bonds is 4. The molecule has 0 spiro atoms. The van der Waals surface area contributed by atoms with Crippen molar-refractivity contribution in [1.82, 2.24) is 4.98 Å². The number of aromatic hydroxyl groups is 1. The molecule has 5 heteroatoms. The zero-order valence-corrected chi connectivity index (χ0v) is 12.4. The lowest BCUT2D eigenvalue weighted by Crippen LogP contribution is -1.93. The van der Waals surface area contributed by atoms with Crippen LogP contribution in [0.2, 0.25) is 0 Å². The van der Waals surface area contributed by atoms with Gasteiger partial charge in [-0.25, -0.2) is 8.78 Å². The van der Waals surface area contributed by atoms with Crippen LogP contribution in [0.3, 0.4) is 0 Å². The highest BCUT2D eigenvalue weighted by atomic mass is 32.2. The first-order valence-corrected chi connectivity index (χ1v) is 7.77. The number of thioether (sulfide) groups is 1. The van der Waals surface area contributed by atoms with E-state index in [9.17, 15) is 8.78 Å². The van der Waals surface area contributed by atoms with E-state index in [4.69, 9.17) is 5.11 Å². The molecule has 0 aliphatic rings. The lowest BCUT2D eigenvalue weighted by atomic mass is 10.1. The minimum absolute atomic E-state index is 0.502. The van der Waals surface area contributed by atoms with Crippen LogP contribution in [0.1, 0.15) is 5.56 Å². The quantitative estimate of drug-likeness (QED) is 0.716. The van der Waals surface area contributed by atoms with E-state index in [1.165, 1.54) is 12.1 Å². The van der Waals surface area contributed by atoms with Gasteiger partial charge in [-0.2, -0.15) is 0 Å². The molecule has 0 saturated heterocycles. The van der Waals surface area contributed by atoms with Gasteiger partial charge in [0.1, 0.15) is 0 Å². The van der Waals surface area contributed by atoms with Crippen molar-refractivity contribution in [2.75, 3.05) is 5.75 Å². The van der Waals surface area contributed by atoms with Gasteiger partial charge in [-0.05, 0) is 36.2 Å². The molecule has 1 heterocycles. The van der Waals surface area contributed by atoms with Gasteiger partial charge in [0.2, 0.25) is 0 Å². The van der Waals surface area contributed by atoms with Crippen LogP contribution in [0.4, 0.5) is 8.78 Å². The number of phenolic OH excluding ortho intramolecular Hbond substituents is 1. The van der Waals surface area contributed by atoms with Gasteiger partial charge >= 0.3 is 0 Å². The Bertz CT molecular complexity index is 794. The summed E-state index contributed by atoms with van der Waals surface area (Å²) in [6.45, 7) is 0. The molecule has 112 valence electrons. The first kappa shape index (κ1) is 14.8. The van der Waals surface area contributed by atoms with Crippen LogP contribution in [0.25, 0.3) is 10.9 Å². The standard InChI is InChI=1S/C17H13F2NOS/c18-13-9-11(10-14(19)17(13)21)6-8-22-15-5-1-3-12-4-2-7-20-16(12)15/h1-5,7,9-10,21H,6,8H2. The Morgan fingerprint density at radius 3 is 2.55 bits per heavy atom. The van der Waals surface area contributed by atoms with Crippen molar-refractivity contribution in [3.8, 4) is 5.75 Å². The fourth-order valence-corrected chi connectivity index (χ4v) is 3.27. The van der Waals surface area contributed by atoms with Crippen LogP contribution in [0.5, 0.6) is 5.75 Å². The topological polar surface area (TPSA) is 33.1 Å². The Balaban J connectivity index is 1.73. The number of hydrogen-bond donors (Lipinski definition) is 1. The summed E-state index contributed by atoms with van der Waals surface area (Å²) in [6, 6.07) is 12.2. The Morgan fingerprint density at radius 2 is 1.77 bits per heavy atom. The summed E-state index contributed by atoms with van der Waals surface area (Å²) in [5.41, 5.74) is 1.45. The second kappa shape index (κ2) is 6.32. The van der Waals surface area contributed by atoms with Gasteiger partial charge in [-0.3, -0.25) is 4.98 Å². The molecule has 3 aromatic rings. The van der Waals surface area contributed by atoms with Crippen LogP contribution in [-0.2, 0) is 6.42 Å². The predicted molar refractivity (Wildman–Crippen MR) is 84.2 cm³/mol. The second-order valence-electron chi connectivity index (χ2n) is 4.84. The molecular weight excluding hydrogens is 304 g/mol. The molecule has 0 fully saturated rings. The van der Waals surface area contributed by atoms with E-state index in [0.717, 1.165) is 15.8 Å². The Morgan fingerprint density at radius 1 is 1.05 bits per heavy atom. The van der Waals surface area contributed by atoms with E-state index < -0.39 is 17.4 Å². The highest BCUT2D eigenvalue weighted by molar-refractivity contribution is 7.99. The highest BCUT2D eigenvalue weighted by Gasteiger charge is 2.10. The first-order chi connectivity index (χ1) is 10.6. The zero-order valence-electron chi connectivity index (χ0n) is 11.6. The average molecular weight is 317 g/mol. The molecule has 1 aromatic heterocycles. The van der Waals surface area contributed by atoms with Gasteiger partial charge in [0, 0.05) is 22.2 Å². The number of aromatic nitrogens is 1. The normalized spacial score (nSPS) is 11.0. The van der Waals surface area contributed by atoms with Crippen LogP contribution in [0.15, 0.2) is 53.6 Å². The number of nitrogens with zero attached hydrogens (tertiary/aromatic N) is 1. The number of fused-ring (bicyclic) bond motifs is 1. The van der Waals surface area contributed by atoms with Crippen molar-refractivity contribution in [3.63, 3.8) is 0 Å². The molecule has 22 heavy (non-hydrogen) atoms. The third kappa shape index (κ3) is 3.04. The fraction of sp³-hybridized carbons (Fsp3) is 0.118. The molecule has 0 unspecified atom stereocenters. The summed E-state index contributed by atoms with van der Waals surface area (Å²) in [4.78, 5) is 5.41. The number of hydrogen-bond acceptors (Lipinski definition) is 3. The van der Waals surface area contributed by atoms with Crippen LogP contribution in [-0.4, -0.2) is 15.8 Å². The van der Waals surface area contributed by atoms with Crippen molar-refractivity contribution in [2.45, 2.75) is 11.3 Å². The predicted octanol–water partition coefficient (Wildman–Crippen LogP) is 4.55. The summed E-state index contributed by atoms with van der Waals surface area (Å²) < 4.78 is 26.6. The maximum Gasteiger partial charge on any atom is 0.187 e. The highest BCUT2D eigenvalue weighted by Crippen LogP contribution is 2.27. The SMILES string of the molecule is Oc1c(F)cc(CCSc2cccc3cccnc23)cc1F.